The molecule has 5 nitrogen and oxygen atoms in total. The molecule has 0 saturated carbocycles. The van der Waals surface area contributed by atoms with Crippen molar-refractivity contribution in [3.63, 3.8) is 0 Å². The summed E-state index contributed by atoms with van der Waals surface area (Å²) in [4.78, 5) is 0. The van der Waals surface area contributed by atoms with Crippen molar-refractivity contribution in [1.82, 2.24) is 9.13 Å². The molecule has 2 heterocycles. The number of aromatic nitrogens is 4. The van der Waals surface area contributed by atoms with Crippen LogP contribution in [0.2, 0.25) is 0 Å². The number of aromatic hydroxyl groups is 1. The molecule has 0 unspecified atom stereocenters. The SMILES string of the molecule is C[n+]1[c-]n(-c2[c-]c(-n3[c-][n+](-c4ccccc4O)cc3)ccc2)cc1.[Pt]. The first-order valence-corrected chi connectivity index (χ1v) is 7.51. The van der Waals surface area contributed by atoms with E-state index in [1.54, 1.807) is 16.7 Å². The number of aryl methyl sites for hydroxylation is 1. The summed E-state index contributed by atoms with van der Waals surface area (Å²) < 4.78 is 7.32. The molecule has 0 amide bonds. The molecule has 0 aliphatic heterocycles. The van der Waals surface area contributed by atoms with Crippen LogP contribution in [0.4, 0.5) is 0 Å². The van der Waals surface area contributed by atoms with Crippen LogP contribution >= 0.6 is 0 Å². The Bertz CT molecular complexity index is 1010. The van der Waals surface area contributed by atoms with E-state index in [0.29, 0.717) is 5.69 Å². The van der Waals surface area contributed by atoms with Crippen molar-refractivity contribution >= 4 is 0 Å². The summed E-state index contributed by atoms with van der Waals surface area (Å²) in [7, 11) is 1.93. The number of hydrogen-bond acceptors (Lipinski definition) is 1. The second kappa shape index (κ2) is 7.07. The zero-order valence-electron chi connectivity index (χ0n) is 13.4. The number of imidazole rings is 2. The van der Waals surface area contributed by atoms with Gasteiger partial charge in [-0.15, -0.1) is 0 Å². The average Bonchev–Trinajstić information content (AvgIpc) is 3.25. The van der Waals surface area contributed by atoms with Gasteiger partial charge < -0.3 is 18.8 Å². The second-order valence-corrected chi connectivity index (χ2v) is 5.43. The predicted molar refractivity (Wildman–Crippen MR) is 86.0 cm³/mol. The molecule has 0 aliphatic carbocycles. The third-order valence-electron chi connectivity index (χ3n) is 3.71. The molecular formula is C19H15N4OPt-. The molecule has 0 atom stereocenters. The first kappa shape index (κ1) is 17.2. The summed E-state index contributed by atoms with van der Waals surface area (Å²) in [6.07, 6.45) is 13.9. The third-order valence-corrected chi connectivity index (χ3v) is 3.71. The summed E-state index contributed by atoms with van der Waals surface area (Å²) in [6.45, 7) is 0. The Balaban J connectivity index is 0.00000182. The first-order valence-electron chi connectivity index (χ1n) is 7.51. The van der Waals surface area contributed by atoms with Crippen molar-refractivity contribution < 1.29 is 35.3 Å². The van der Waals surface area contributed by atoms with Crippen molar-refractivity contribution in [1.29, 1.82) is 0 Å². The average molecular weight is 510 g/mol. The molecule has 0 saturated heterocycles. The zero-order valence-corrected chi connectivity index (χ0v) is 15.7. The predicted octanol–water partition coefficient (Wildman–Crippen LogP) is 1.47. The smallest absolute Gasteiger partial charge is 0.267 e. The molecule has 2 aromatic carbocycles. The van der Waals surface area contributed by atoms with Gasteiger partial charge in [0.05, 0.1) is 7.05 Å². The van der Waals surface area contributed by atoms with Crippen LogP contribution in [0.5, 0.6) is 5.75 Å². The number of rotatable bonds is 3. The Hall–Kier alpha value is -2.65. The summed E-state index contributed by atoms with van der Waals surface area (Å²) in [6, 6.07) is 16.4. The molecule has 0 radical (unpaired) electrons. The number of phenolic OH excluding ortho intramolecular Hbond substituents is 1. The monoisotopic (exact) mass is 510 g/mol. The first-order chi connectivity index (χ1) is 11.7. The van der Waals surface area contributed by atoms with Crippen molar-refractivity contribution in [2.75, 3.05) is 0 Å². The maximum Gasteiger partial charge on any atom is 0.267 e. The fourth-order valence-corrected chi connectivity index (χ4v) is 2.52. The van der Waals surface area contributed by atoms with Crippen LogP contribution in [0.15, 0.2) is 67.3 Å². The third kappa shape index (κ3) is 3.42. The molecule has 25 heavy (non-hydrogen) atoms. The number of benzene rings is 2. The van der Waals surface area contributed by atoms with Gasteiger partial charge in [0.25, 0.3) is 6.33 Å². The van der Waals surface area contributed by atoms with Gasteiger partial charge in [0.1, 0.15) is 11.4 Å². The van der Waals surface area contributed by atoms with E-state index in [4.69, 9.17) is 0 Å². The largest absolute Gasteiger partial charge is 0.511 e. The van der Waals surface area contributed by atoms with Gasteiger partial charge in [-0.25, -0.2) is 0 Å². The fraction of sp³-hybridized carbons (Fsp3) is 0.0526. The summed E-state index contributed by atoms with van der Waals surface area (Å²) in [5.74, 6) is 0.212. The van der Waals surface area contributed by atoms with Gasteiger partial charge in [-0.3, -0.25) is 4.57 Å². The molecule has 0 fully saturated rings. The Labute approximate surface area is 160 Å². The van der Waals surface area contributed by atoms with E-state index in [-0.39, 0.29) is 26.8 Å². The van der Waals surface area contributed by atoms with Gasteiger partial charge in [0, 0.05) is 45.9 Å². The van der Waals surface area contributed by atoms with E-state index in [2.05, 4.69) is 18.7 Å². The number of hydrogen-bond donors (Lipinski definition) is 1. The molecule has 0 spiro atoms. The number of para-hydroxylation sites is 2. The Morgan fingerprint density at radius 2 is 1.56 bits per heavy atom. The van der Waals surface area contributed by atoms with Crippen molar-refractivity contribution in [3.05, 3.63) is 86.0 Å². The van der Waals surface area contributed by atoms with Gasteiger partial charge >= 0.3 is 0 Å². The molecule has 1 N–H and O–H groups in total. The maximum absolute atomic E-state index is 9.97. The van der Waals surface area contributed by atoms with E-state index in [1.807, 2.05) is 75.9 Å². The normalized spacial score (nSPS) is 10.4. The number of nitrogens with zero attached hydrogens (tertiary/aromatic N) is 4. The van der Waals surface area contributed by atoms with E-state index in [9.17, 15) is 5.11 Å². The van der Waals surface area contributed by atoms with E-state index in [0.717, 1.165) is 11.4 Å². The Morgan fingerprint density at radius 3 is 2.24 bits per heavy atom. The topological polar surface area (TPSA) is 37.8 Å². The molecule has 4 rings (SSSR count). The van der Waals surface area contributed by atoms with Gasteiger partial charge in [0.2, 0.25) is 6.33 Å². The van der Waals surface area contributed by atoms with Gasteiger partial charge in [-0.1, -0.05) is 23.5 Å². The molecule has 2 aromatic heterocycles. The quantitative estimate of drug-likeness (QED) is 0.329. The van der Waals surface area contributed by atoms with E-state index >= 15 is 0 Å². The van der Waals surface area contributed by atoms with E-state index < -0.39 is 0 Å². The van der Waals surface area contributed by atoms with Crippen molar-refractivity contribution in [2.45, 2.75) is 0 Å². The molecule has 4 aromatic rings. The van der Waals surface area contributed by atoms with E-state index in [1.165, 1.54) is 0 Å². The van der Waals surface area contributed by atoms with Crippen LogP contribution in [0.3, 0.4) is 0 Å². The zero-order chi connectivity index (χ0) is 16.5. The summed E-state index contributed by atoms with van der Waals surface area (Å²) in [5, 5.41) is 9.97. The van der Waals surface area contributed by atoms with Crippen LogP contribution in [-0.2, 0) is 28.1 Å². The molecular weight excluding hydrogens is 495 g/mol. The van der Waals surface area contributed by atoms with Gasteiger partial charge in [-0.05, 0) is 12.1 Å². The molecule has 128 valence electrons. The minimum Gasteiger partial charge on any atom is -0.511 e. The fourth-order valence-electron chi connectivity index (χ4n) is 2.52. The Morgan fingerprint density at radius 1 is 0.880 bits per heavy atom. The minimum absolute atomic E-state index is 0. The Kier molecular flexibility index (Phi) is 4.86. The van der Waals surface area contributed by atoms with Gasteiger partial charge in [-0.2, -0.15) is 24.3 Å². The van der Waals surface area contributed by atoms with Crippen LogP contribution in [0.1, 0.15) is 0 Å². The van der Waals surface area contributed by atoms with Crippen LogP contribution in [-0.4, -0.2) is 14.2 Å². The van der Waals surface area contributed by atoms with Gasteiger partial charge in [0.15, 0.2) is 0 Å². The van der Waals surface area contributed by atoms with Crippen LogP contribution in [0, 0.1) is 18.7 Å². The molecule has 0 aliphatic rings. The second-order valence-electron chi connectivity index (χ2n) is 5.43. The summed E-state index contributed by atoms with van der Waals surface area (Å²) in [5.41, 5.74) is 2.42. The minimum atomic E-state index is 0. The van der Waals surface area contributed by atoms with Crippen LogP contribution < -0.4 is 9.13 Å². The van der Waals surface area contributed by atoms with Crippen molar-refractivity contribution in [2.24, 2.45) is 7.05 Å². The van der Waals surface area contributed by atoms with Crippen LogP contribution in [0.25, 0.3) is 17.1 Å². The maximum atomic E-state index is 9.97. The summed E-state index contributed by atoms with van der Waals surface area (Å²) >= 11 is 0. The van der Waals surface area contributed by atoms with Crippen molar-refractivity contribution in [3.8, 4) is 22.8 Å². The molecule has 6 heteroatoms. The number of phenols is 1. The molecule has 0 bridgehead atoms. The standard InChI is InChI=1S/C19H15N4O.Pt/c1-20-9-10-21(14-20)16-5-4-6-17(13-16)22-11-12-23(15-22)18-7-2-3-8-19(18)24;/h2-12,24H,1H3;/q-1;.